The first kappa shape index (κ1) is 15.7. The van der Waals surface area contributed by atoms with Crippen LogP contribution in [0.25, 0.3) is 0 Å². The summed E-state index contributed by atoms with van der Waals surface area (Å²) >= 11 is 0. The van der Waals surface area contributed by atoms with Gasteiger partial charge in [0.2, 0.25) is 0 Å². The number of carbonyl (C=O) groups is 2. The molecule has 0 radical (unpaired) electrons. The van der Waals surface area contributed by atoms with Crippen molar-refractivity contribution in [1.29, 1.82) is 0 Å². The Hall–Kier alpha value is -1.34. The van der Waals surface area contributed by atoms with Crippen molar-refractivity contribution < 1.29 is 19.1 Å². The molecule has 0 aromatic heterocycles. The largest absolute Gasteiger partial charge is 0.465 e. The summed E-state index contributed by atoms with van der Waals surface area (Å²) in [6.45, 7) is 7.86. The Morgan fingerprint density at radius 2 is 2.16 bits per heavy atom. The highest BCUT2D eigenvalue weighted by atomic mass is 16.5. The van der Waals surface area contributed by atoms with E-state index in [1.165, 1.54) is 0 Å². The maximum atomic E-state index is 11.4. The predicted octanol–water partition coefficient (Wildman–Crippen LogP) is -0.431. The third-order valence-corrected chi connectivity index (χ3v) is 2.86. The zero-order valence-electron chi connectivity index (χ0n) is 11.6. The normalized spacial score (nSPS) is 19.8. The fourth-order valence-corrected chi connectivity index (χ4v) is 1.82. The number of rotatable bonds is 6. The second kappa shape index (κ2) is 8.71. The van der Waals surface area contributed by atoms with E-state index in [-0.39, 0.29) is 18.7 Å². The van der Waals surface area contributed by atoms with E-state index in [9.17, 15) is 9.59 Å². The molecule has 0 aromatic rings. The number of ether oxygens (including phenoxy) is 2. The standard InChI is InChI=1S/C12H23N3O4/c1-3-15-5-6-19-10(9-15)7-13-12(17)14-8-11(16)18-4-2/h10H,3-9H2,1-2H3,(H2,13,14,17). The molecule has 1 rings (SSSR count). The lowest BCUT2D eigenvalue weighted by Crippen LogP contribution is -2.49. The maximum Gasteiger partial charge on any atom is 0.325 e. The van der Waals surface area contributed by atoms with Crippen LogP contribution in [0.5, 0.6) is 0 Å². The fourth-order valence-electron chi connectivity index (χ4n) is 1.82. The molecule has 19 heavy (non-hydrogen) atoms. The number of esters is 1. The maximum absolute atomic E-state index is 11.4. The Morgan fingerprint density at radius 3 is 2.84 bits per heavy atom. The van der Waals surface area contributed by atoms with Crippen LogP contribution in [0.3, 0.4) is 0 Å². The Morgan fingerprint density at radius 1 is 1.37 bits per heavy atom. The fraction of sp³-hybridized carbons (Fsp3) is 0.833. The van der Waals surface area contributed by atoms with Gasteiger partial charge in [0.1, 0.15) is 6.54 Å². The summed E-state index contributed by atoms with van der Waals surface area (Å²) in [4.78, 5) is 24.8. The number of hydrogen-bond acceptors (Lipinski definition) is 5. The molecule has 0 saturated carbocycles. The van der Waals surface area contributed by atoms with Crippen molar-refractivity contribution in [2.75, 3.05) is 45.9 Å². The van der Waals surface area contributed by atoms with Crippen molar-refractivity contribution in [2.24, 2.45) is 0 Å². The number of likely N-dealkylation sites (N-methyl/N-ethyl adjacent to an activating group) is 1. The molecule has 1 aliphatic heterocycles. The van der Waals surface area contributed by atoms with Gasteiger partial charge in [0.15, 0.2) is 0 Å². The molecular formula is C12H23N3O4. The minimum Gasteiger partial charge on any atom is -0.465 e. The summed E-state index contributed by atoms with van der Waals surface area (Å²) in [5.41, 5.74) is 0. The van der Waals surface area contributed by atoms with Crippen molar-refractivity contribution in [3.63, 3.8) is 0 Å². The van der Waals surface area contributed by atoms with E-state index in [0.29, 0.717) is 19.8 Å². The van der Waals surface area contributed by atoms with E-state index in [4.69, 9.17) is 9.47 Å². The van der Waals surface area contributed by atoms with Crippen LogP contribution in [0.1, 0.15) is 13.8 Å². The molecule has 1 saturated heterocycles. The number of urea groups is 1. The van der Waals surface area contributed by atoms with Crippen molar-refractivity contribution in [3.8, 4) is 0 Å². The monoisotopic (exact) mass is 273 g/mol. The predicted molar refractivity (Wildman–Crippen MR) is 69.9 cm³/mol. The molecule has 1 aliphatic rings. The molecule has 1 unspecified atom stereocenters. The lowest BCUT2D eigenvalue weighted by Gasteiger charge is -2.32. The molecule has 1 heterocycles. The van der Waals surface area contributed by atoms with E-state index in [2.05, 4.69) is 22.5 Å². The Bertz CT molecular complexity index is 299. The molecule has 1 fully saturated rings. The topological polar surface area (TPSA) is 79.9 Å². The highest BCUT2D eigenvalue weighted by Gasteiger charge is 2.19. The number of nitrogens with zero attached hydrogens (tertiary/aromatic N) is 1. The second-order valence-corrected chi connectivity index (χ2v) is 4.25. The Kier molecular flexibility index (Phi) is 7.20. The van der Waals surface area contributed by atoms with Crippen LogP contribution in [0.4, 0.5) is 4.79 Å². The molecule has 2 N–H and O–H groups in total. The summed E-state index contributed by atoms with van der Waals surface area (Å²) in [5.74, 6) is -0.441. The molecule has 110 valence electrons. The van der Waals surface area contributed by atoms with E-state index in [0.717, 1.165) is 19.6 Å². The Balaban J connectivity index is 2.14. The number of hydrogen-bond donors (Lipinski definition) is 2. The van der Waals surface area contributed by atoms with Crippen LogP contribution < -0.4 is 10.6 Å². The SMILES string of the molecule is CCOC(=O)CNC(=O)NCC1CN(CC)CCO1. The molecule has 0 aromatic carbocycles. The van der Waals surface area contributed by atoms with Gasteiger partial charge in [-0.3, -0.25) is 9.69 Å². The zero-order valence-corrected chi connectivity index (χ0v) is 11.6. The van der Waals surface area contributed by atoms with Gasteiger partial charge < -0.3 is 20.1 Å². The van der Waals surface area contributed by atoms with Gasteiger partial charge in [-0.25, -0.2) is 4.79 Å². The minimum atomic E-state index is -0.441. The zero-order chi connectivity index (χ0) is 14.1. The smallest absolute Gasteiger partial charge is 0.325 e. The minimum absolute atomic E-state index is 0.00189. The van der Waals surface area contributed by atoms with Gasteiger partial charge in [0, 0.05) is 19.6 Å². The molecular weight excluding hydrogens is 250 g/mol. The van der Waals surface area contributed by atoms with Crippen molar-refractivity contribution in [1.82, 2.24) is 15.5 Å². The molecule has 7 heteroatoms. The third kappa shape index (κ3) is 6.40. The van der Waals surface area contributed by atoms with Gasteiger partial charge in [-0.1, -0.05) is 6.92 Å². The average Bonchev–Trinajstić information content (AvgIpc) is 2.43. The van der Waals surface area contributed by atoms with Crippen LogP contribution in [-0.4, -0.2) is 68.9 Å². The quantitative estimate of drug-likeness (QED) is 0.642. The highest BCUT2D eigenvalue weighted by Crippen LogP contribution is 2.03. The first-order chi connectivity index (χ1) is 9.15. The van der Waals surface area contributed by atoms with Crippen LogP contribution in [0, 0.1) is 0 Å². The second-order valence-electron chi connectivity index (χ2n) is 4.25. The van der Waals surface area contributed by atoms with E-state index >= 15 is 0 Å². The van der Waals surface area contributed by atoms with E-state index in [1.54, 1.807) is 6.92 Å². The summed E-state index contributed by atoms with van der Waals surface area (Å²) in [5, 5.41) is 5.12. The molecule has 7 nitrogen and oxygen atoms in total. The lowest BCUT2D eigenvalue weighted by atomic mass is 10.2. The van der Waals surface area contributed by atoms with Crippen LogP contribution >= 0.6 is 0 Å². The van der Waals surface area contributed by atoms with Crippen LogP contribution in [0.2, 0.25) is 0 Å². The summed E-state index contributed by atoms with van der Waals surface area (Å²) in [6, 6.07) is -0.384. The lowest BCUT2D eigenvalue weighted by molar-refractivity contribution is -0.141. The summed E-state index contributed by atoms with van der Waals surface area (Å²) in [7, 11) is 0. The van der Waals surface area contributed by atoms with E-state index in [1.807, 2.05) is 0 Å². The Labute approximate surface area is 113 Å². The third-order valence-electron chi connectivity index (χ3n) is 2.86. The van der Waals surface area contributed by atoms with Crippen molar-refractivity contribution in [3.05, 3.63) is 0 Å². The number of nitrogens with one attached hydrogen (secondary N) is 2. The van der Waals surface area contributed by atoms with Gasteiger partial charge in [-0.15, -0.1) is 0 Å². The van der Waals surface area contributed by atoms with Gasteiger partial charge in [-0.2, -0.15) is 0 Å². The van der Waals surface area contributed by atoms with Crippen LogP contribution in [-0.2, 0) is 14.3 Å². The van der Waals surface area contributed by atoms with E-state index < -0.39 is 5.97 Å². The van der Waals surface area contributed by atoms with Crippen molar-refractivity contribution >= 4 is 12.0 Å². The van der Waals surface area contributed by atoms with Gasteiger partial charge in [0.05, 0.1) is 19.3 Å². The number of morpholine rings is 1. The first-order valence-corrected chi connectivity index (χ1v) is 6.67. The average molecular weight is 273 g/mol. The molecule has 2 amide bonds. The molecule has 0 aliphatic carbocycles. The molecule has 1 atom stereocenters. The van der Waals surface area contributed by atoms with Gasteiger partial charge in [0.25, 0.3) is 0 Å². The highest BCUT2D eigenvalue weighted by molar-refractivity contribution is 5.80. The van der Waals surface area contributed by atoms with Gasteiger partial charge >= 0.3 is 12.0 Å². The molecule has 0 bridgehead atoms. The number of carbonyl (C=O) groups excluding carboxylic acids is 2. The summed E-state index contributed by atoms with van der Waals surface area (Å²) < 4.78 is 10.3. The van der Waals surface area contributed by atoms with Crippen molar-refractivity contribution in [2.45, 2.75) is 20.0 Å². The molecule has 0 spiro atoms. The number of amides is 2. The van der Waals surface area contributed by atoms with Gasteiger partial charge in [-0.05, 0) is 13.5 Å². The summed E-state index contributed by atoms with van der Waals surface area (Å²) in [6.07, 6.45) is 0.00189. The van der Waals surface area contributed by atoms with Crippen LogP contribution in [0.15, 0.2) is 0 Å². The first-order valence-electron chi connectivity index (χ1n) is 6.67.